The van der Waals surface area contributed by atoms with E-state index in [1.54, 1.807) is 0 Å². The number of ether oxygens (including phenoxy) is 1. The van der Waals surface area contributed by atoms with Gasteiger partial charge >= 0.3 is 0 Å². The molecule has 0 aromatic carbocycles. The Bertz CT molecular complexity index is 610. The number of aromatic amines is 1. The highest BCUT2D eigenvalue weighted by molar-refractivity contribution is 7.71. The molecule has 1 unspecified atom stereocenters. The molecule has 5 heteroatoms. The van der Waals surface area contributed by atoms with E-state index in [0.29, 0.717) is 5.92 Å². The third-order valence-electron chi connectivity index (χ3n) is 3.53. The van der Waals surface area contributed by atoms with Crippen LogP contribution in [0.1, 0.15) is 18.4 Å². The first kappa shape index (κ1) is 11.9. The first-order valence-corrected chi connectivity index (χ1v) is 6.78. The average molecular weight is 263 g/mol. The molecule has 3 heterocycles. The van der Waals surface area contributed by atoms with E-state index in [2.05, 4.69) is 20.6 Å². The van der Waals surface area contributed by atoms with Gasteiger partial charge in [-0.15, -0.1) is 0 Å². The summed E-state index contributed by atoms with van der Waals surface area (Å²) in [5.41, 5.74) is 3.14. The summed E-state index contributed by atoms with van der Waals surface area (Å²) < 4.78 is 8.27. The summed E-state index contributed by atoms with van der Waals surface area (Å²) in [4.78, 5) is 7.71. The molecule has 2 aromatic heterocycles. The molecule has 0 spiro atoms. The summed E-state index contributed by atoms with van der Waals surface area (Å²) >= 11 is 5.37. The lowest BCUT2D eigenvalue weighted by Gasteiger charge is -2.08. The molecule has 1 N–H and O–H groups in total. The second-order valence-electron chi connectivity index (χ2n) is 4.98. The molecule has 18 heavy (non-hydrogen) atoms. The lowest BCUT2D eigenvalue weighted by Crippen LogP contribution is -2.06. The minimum absolute atomic E-state index is 0.669. The number of aromatic nitrogens is 3. The topological polar surface area (TPSA) is 42.8 Å². The number of imidazole rings is 1. The fourth-order valence-electron chi connectivity index (χ4n) is 2.48. The van der Waals surface area contributed by atoms with Crippen LogP contribution in [0.5, 0.6) is 0 Å². The van der Waals surface area contributed by atoms with Crippen molar-refractivity contribution in [2.45, 2.75) is 26.3 Å². The van der Waals surface area contributed by atoms with Crippen LogP contribution in [0.25, 0.3) is 11.2 Å². The van der Waals surface area contributed by atoms with Crippen LogP contribution < -0.4 is 0 Å². The Balaban J connectivity index is 1.86. The van der Waals surface area contributed by atoms with Crippen LogP contribution in [0.15, 0.2) is 12.3 Å². The third-order valence-corrected chi connectivity index (χ3v) is 3.85. The normalized spacial score (nSPS) is 19.7. The molecule has 1 aliphatic heterocycles. The number of nitrogens with one attached hydrogen (secondary N) is 1. The van der Waals surface area contributed by atoms with Crippen molar-refractivity contribution in [3.63, 3.8) is 0 Å². The monoisotopic (exact) mass is 263 g/mol. The number of hydrogen-bond acceptors (Lipinski definition) is 3. The number of aryl methyl sites for hydroxylation is 2. The molecular weight excluding hydrogens is 246 g/mol. The van der Waals surface area contributed by atoms with Gasteiger partial charge in [0, 0.05) is 26.0 Å². The van der Waals surface area contributed by atoms with E-state index >= 15 is 0 Å². The standard InChI is InChI=1S/C13H17N3OS/c1-9-6-11-12(14-7-9)16(13(18)15-11)4-2-10-3-5-17-8-10/h6-7,10H,2-5,8H2,1H3,(H,15,18). The van der Waals surface area contributed by atoms with Gasteiger partial charge in [0.05, 0.1) is 5.52 Å². The number of pyridine rings is 1. The van der Waals surface area contributed by atoms with Crippen LogP contribution in [0, 0.1) is 17.6 Å². The first-order chi connectivity index (χ1) is 8.74. The molecule has 3 rings (SSSR count). The molecule has 0 aliphatic carbocycles. The minimum atomic E-state index is 0.669. The predicted octanol–water partition coefficient (Wildman–Crippen LogP) is 2.83. The van der Waals surface area contributed by atoms with Crippen LogP contribution >= 0.6 is 12.2 Å². The fraction of sp³-hybridized carbons (Fsp3) is 0.538. The van der Waals surface area contributed by atoms with Crippen LogP contribution in [-0.4, -0.2) is 27.7 Å². The maximum Gasteiger partial charge on any atom is 0.179 e. The zero-order chi connectivity index (χ0) is 12.5. The molecule has 2 aromatic rings. The smallest absolute Gasteiger partial charge is 0.179 e. The highest BCUT2D eigenvalue weighted by atomic mass is 32.1. The maximum absolute atomic E-state index is 5.40. The zero-order valence-electron chi connectivity index (χ0n) is 10.5. The Morgan fingerprint density at radius 1 is 1.61 bits per heavy atom. The van der Waals surface area contributed by atoms with Gasteiger partial charge in [-0.05, 0) is 49.5 Å². The van der Waals surface area contributed by atoms with E-state index in [9.17, 15) is 0 Å². The molecule has 4 nitrogen and oxygen atoms in total. The van der Waals surface area contributed by atoms with Gasteiger partial charge in [-0.2, -0.15) is 0 Å². The van der Waals surface area contributed by atoms with Gasteiger partial charge < -0.3 is 14.3 Å². The third kappa shape index (κ3) is 2.20. The van der Waals surface area contributed by atoms with E-state index in [0.717, 1.165) is 47.7 Å². The molecule has 0 bridgehead atoms. The molecule has 1 aliphatic rings. The van der Waals surface area contributed by atoms with Gasteiger partial charge in [0.25, 0.3) is 0 Å². The summed E-state index contributed by atoms with van der Waals surface area (Å²) in [5.74, 6) is 0.669. The van der Waals surface area contributed by atoms with E-state index in [1.165, 1.54) is 6.42 Å². The lowest BCUT2D eigenvalue weighted by molar-refractivity contribution is 0.183. The zero-order valence-corrected chi connectivity index (χ0v) is 11.3. The second-order valence-corrected chi connectivity index (χ2v) is 5.37. The van der Waals surface area contributed by atoms with Crippen LogP contribution in [0.3, 0.4) is 0 Å². The second kappa shape index (κ2) is 4.82. The van der Waals surface area contributed by atoms with Crippen molar-refractivity contribution in [1.29, 1.82) is 0 Å². The Morgan fingerprint density at radius 3 is 3.28 bits per heavy atom. The summed E-state index contributed by atoms with van der Waals surface area (Å²) in [6, 6.07) is 2.09. The summed E-state index contributed by atoms with van der Waals surface area (Å²) in [6.07, 6.45) is 4.17. The first-order valence-electron chi connectivity index (χ1n) is 6.37. The van der Waals surface area contributed by atoms with Gasteiger partial charge in [-0.25, -0.2) is 4.98 Å². The predicted molar refractivity (Wildman–Crippen MR) is 73.2 cm³/mol. The van der Waals surface area contributed by atoms with Crippen LogP contribution in [0.2, 0.25) is 0 Å². The Hall–Kier alpha value is -1.20. The van der Waals surface area contributed by atoms with E-state index < -0.39 is 0 Å². The number of nitrogens with zero attached hydrogens (tertiary/aromatic N) is 2. The molecule has 1 atom stereocenters. The number of hydrogen-bond donors (Lipinski definition) is 1. The van der Waals surface area contributed by atoms with E-state index in [-0.39, 0.29) is 0 Å². The van der Waals surface area contributed by atoms with Crippen molar-refractivity contribution in [2.24, 2.45) is 5.92 Å². The molecule has 1 fully saturated rings. The van der Waals surface area contributed by atoms with Crippen LogP contribution in [-0.2, 0) is 11.3 Å². The van der Waals surface area contributed by atoms with Crippen molar-refractivity contribution >= 4 is 23.4 Å². The summed E-state index contributed by atoms with van der Waals surface area (Å²) in [7, 11) is 0. The molecule has 0 saturated carbocycles. The molecule has 1 saturated heterocycles. The van der Waals surface area contributed by atoms with Crippen molar-refractivity contribution in [1.82, 2.24) is 14.5 Å². The van der Waals surface area contributed by atoms with Gasteiger partial charge in [-0.3, -0.25) is 0 Å². The number of rotatable bonds is 3. The van der Waals surface area contributed by atoms with Crippen molar-refractivity contribution < 1.29 is 4.74 Å². The molecule has 0 amide bonds. The summed E-state index contributed by atoms with van der Waals surface area (Å²) in [6.45, 7) is 4.75. The summed E-state index contributed by atoms with van der Waals surface area (Å²) in [5, 5.41) is 0. The van der Waals surface area contributed by atoms with E-state index in [1.807, 2.05) is 13.1 Å². The maximum atomic E-state index is 5.40. The highest BCUT2D eigenvalue weighted by Crippen LogP contribution is 2.19. The largest absolute Gasteiger partial charge is 0.381 e. The highest BCUT2D eigenvalue weighted by Gasteiger charge is 2.16. The SMILES string of the molecule is Cc1cnc2c(c1)[nH]c(=S)n2CCC1CCOC1. The van der Waals surface area contributed by atoms with Gasteiger partial charge in [-0.1, -0.05) is 0 Å². The number of fused-ring (bicyclic) bond motifs is 1. The minimum Gasteiger partial charge on any atom is -0.381 e. The Labute approximate surface area is 111 Å². The van der Waals surface area contributed by atoms with E-state index in [4.69, 9.17) is 17.0 Å². The molecule has 96 valence electrons. The van der Waals surface area contributed by atoms with Crippen molar-refractivity contribution in [2.75, 3.05) is 13.2 Å². The average Bonchev–Trinajstić information content (AvgIpc) is 2.93. The number of H-pyrrole nitrogens is 1. The quantitative estimate of drug-likeness (QED) is 0.866. The lowest BCUT2D eigenvalue weighted by atomic mass is 10.1. The fourth-order valence-corrected chi connectivity index (χ4v) is 2.77. The Kier molecular flexibility index (Phi) is 3.18. The molecular formula is C13H17N3OS. The Morgan fingerprint density at radius 2 is 2.50 bits per heavy atom. The van der Waals surface area contributed by atoms with Crippen molar-refractivity contribution in [3.8, 4) is 0 Å². The van der Waals surface area contributed by atoms with Gasteiger partial charge in [0.2, 0.25) is 0 Å². The van der Waals surface area contributed by atoms with Gasteiger partial charge in [0.1, 0.15) is 0 Å². The van der Waals surface area contributed by atoms with Crippen LogP contribution in [0.4, 0.5) is 0 Å². The molecule has 0 radical (unpaired) electrons. The van der Waals surface area contributed by atoms with Gasteiger partial charge in [0.15, 0.2) is 10.4 Å². The van der Waals surface area contributed by atoms with Crippen molar-refractivity contribution in [3.05, 3.63) is 22.6 Å².